The lowest BCUT2D eigenvalue weighted by Crippen LogP contribution is -2.25. The number of halogens is 1. The molecular formula is C13H10FN3O4S. The van der Waals surface area contributed by atoms with Crippen molar-refractivity contribution in [3.05, 3.63) is 46.6 Å². The van der Waals surface area contributed by atoms with Crippen LogP contribution in [0.4, 0.5) is 4.39 Å². The quantitative estimate of drug-likeness (QED) is 0.486. The Balaban J connectivity index is 2.01. The Hall–Kier alpha value is -2.68. The van der Waals surface area contributed by atoms with Crippen molar-refractivity contribution in [1.29, 1.82) is 0 Å². The fourth-order valence-electron chi connectivity index (χ4n) is 1.41. The summed E-state index contributed by atoms with van der Waals surface area (Å²) in [5, 5.41) is 6.20. The Kier molecular flexibility index (Phi) is 4.89. The summed E-state index contributed by atoms with van der Waals surface area (Å²) < 4.78 is 17.2. The summed E-state index contributed by atoms with van der Waals surface area (Å²) in [5.41, 5.74) is 2.43. The maximum Gasteiger partial charge on any atom is 0.331 e. The zero-order chi connectivity index (χ0) is 16.1. The molecule has 0 aliphatic carbocycles. The molecule has 0 bridgehead atoms. The van der Waals surface area contributed by atoms with Crippen LogP contribution in [0.5, 0.6) is 0 Å². The van der Waals surface area contributed by atoms with Crippen molar-refractivity contribution in [2.45, 2.75) is 0 Å². The van der Waals surface area contributed by atoms with Gasteiger partial charge in [0, 0.05) is 11.6 Å². The van der Waals surface area contributed by atoms with Crippen LogP contribution in [-0.2, 0) is 14.3 Å². The zero-order valence-corrected chi connectivity index (χ0v) is 12.1. The number of carbonyl (C=O) groups is 3. The summed E-state index contributed by atoms with van der Waals surface area (Å²) in [4.78, 5) is 34.5. The molecule has 0 aromatic heterocycles. The topological polar surface area (TPSA) is 96.9 Å². The van der Waals surface area contributed by atoms with E-state index in [4.69, 9.17) is 0 Å². The third-order valence-electron chi connectivity index (χ3n) is 2.47. The summed E-state index contributed by atoms with van der Waals surface area (Å²) in [6.07, 6.45) is 1.02. The molecule has 0 radical (unpaired) electrons. The normalized spacial score (nSPS) is 17.5. The molecule has 1 aromatic carbocycles. The summed E-state index contributed by atoms with van der Waals surface area (Å²) >= 11 is 0.877. The minimum atomic E-state index is -0.672. The van der Waals surface area contributed by atoms with Crippen LogP contribution in [-0.4, -0.2) is 30.1 Å². The first-order chi connectivity index (χ1) is 10.5. The lowest BCUT2D eigenvalue weighted by Gasteiger charge is -2.00. The van der Waals surface area contributed by atoms with Crippen molar-refractivity contribution in [2.24, 2.45) is 5.10 Å². The largest absolute Gasteiger partial charge is 0.466 e. The minimum absolute atomic E-state index is 0.0987. The molecule has 9 heteroatoms. The summed E-state index contributed by atoms with van der Waals surface area (Å²) in [6, 6.07) is 4.89. The molecule has 2 rings (SSSR count). The summed E-state index contributed by atoms with van der Waals surface area (Å²) in [6.45, 7) is 0. The van der Waals surface area contributed by atoms with Crippen LogP contribution in [0.2, 0.25) is 0 Å². The second-order valence-corrected chi connectivity index (χ2v) is 4.98. The van der Waals surface area contributed by atoms with E-state index in [1.165, 1.54) is 19.2 Å². The van der Waals surface area contributed by atoms with Gasteiger partial charge in [0.1, 0.15) is 5.82 Å². The first-order valence-electron chi connectivity index (χ1n) is 5.92. The number of ether oxygens (including phenoxy) is 1. The van der Waals surface area contributed by atoms with Gasteiger partial charge < -0.3 is 4.74 Å². The number of nitrogens with zero attached hydrogens (tertiary/aromatic N) is 1. The molecule has 2 N–H and O–H groups in total. The molecule has 114 valence electrons. The monoisotopic (exact) mass is 323 g/mol. The zero-order valence-electron chi connectivity index (χ0n) is 11.3. The second-order valence-electron chi connectivity index (χ2n) is 3.95. The first-order valence-corrected chi connectivity index (χ1v) is 6.73. The molecule has 0 atom stereocenters. The minimum Gasteiger partial charge on any atom is -0.466 e. The molecule has 1 aromatic rings. The number of amidine groups is 1. The third-order valence-corrected chi connectivity index (χ3v) is 3.38. The Bertz CT molecular complexity index is 685. The van der Waals surface area contributed by atoms with Gasteiger partial charge in [-0.05, 0) is 36.0 Å². The highest BCUT2D eigenvalue weighted by Crippen LogP contribution is 2.23. The van der Waals surface area contributed by atoms with E-state index in [0.29, 0.717) is 0 Å². The van der Waals surface area contributed by atoms with Crippen molar-refractivity contribution >= 4 is 34.7 Å². The van der Waals surface area contributed by atoms with Crippen molar-refractivity contribution in [2.75, 3.05) is 7.11 Å². The van der Waals surface area contributed by atoms with E-state index >= 15 is 0 Å². The van der Waals surface area contributed by atoms with Crippen LogP contribution >= 0.6 is 11.8 Å². The van der Waals surface area contributed by atoms with Gasteiger partial charge in [-0.2, -0.15) is 0 Å². The van der Waals surface area contributed by atoms with Gasteiger partial charge in [0.05, 0.1) is 12.0 Å². The van der Waals surface area contributed by atoms with Gasteiger partial charge in [0.2, 0.25) is 0 Å². The van der Waals surface area contributed by atoms with Gasteiger partial charge >= 0.3 is 5.97 Å². The van der Waals surface area contributed by atoms with Crippen molar-refractivity contribution in [3.63, 3.8) is 0 Å². The lowest BCUT2D eigenvalue weighted by molar-refractivity contribution is -0.135. The third kappa shape index (κ3) is 3.92. The SMILES string of the molecule is COC(=O)/C=C1/S/C(=N/NC(=O)c2ccc(F)cc2)NC1=O. The molecular weight excluding hydrogens is 313 g/mol. The first kappa shape index (κ1) is 15.7. The highest BCUT2D eigenvalue weighted by atomic mass is 32.2. The Morgan fingerprint density at radius 1 is 1.36 bits per heavy atom. The number of carbonyl (C=O) groups excluding carboxylic acids is 3. The molecule has 1 heterocycles. The van der Waals surface area contributed by atoms with Gasteiger partial charge in [-0.25, -0.2) is 14.6 Å². The number of amides is 2. The van der Waals surface area contributed by atoms with Crippen LogP contribution in [0, 0.1) is 5.82 Å². The number of hydrogen-bond acceptors (Lipinski definition) is 6. The van der Waals surface area contributed by atoms with Crippen molar-refractivity contribution < 1.29 is 23.5 Å². The van der Waals surface area contributed by atoms with Crippen LogP contribution < -0.4 is 10.7 Å². The number of nitrogens with one attached hydrogen (secondary N) is 2. The summed E-state index contributed by atoms with van der Waals surface area (Å²) in [7, 11) is 1.19. The molecule has 0 spiro atoms. The average molecular weight is 323 g/mol. The summed E-state index contributed by atoms with van der Waals surface area (Å²) in [5.74, 6) is -2.22. The number of rotatable bonds is 3. The van der Waals surface area contributed by atoms with Gasteiger partial charge in [0.15, 0.2) is 5.17 Å². The Morgan fingerprint density at radius 3 is 2.68 bits per heavy atom. The predicted molar refractivity (Wildman–Crippen MR) is 77.1 cm³/mol. The molecule has 1 aliphatic heterocycles. The number of methoxy groups -OCH3 is 1. The van der Waals surface area contributed by atoms with Crippen molar-refractivity contribution in [1.82, 2.24) is 10.7 Å². The van der Waals surface area contributed by atoms with Crippen LogP contribution in [0.25, 0.3) is 0 Å². The van der Waals surface area contributed by atoms with Gasteiger partial charge in [0.25, 0.3) is 11.8 Å². The van der Waals surface area contributed by atoms with Crippen LogP contribution in [0.15, 0.2) is 40.3 Å². The molecule has 0 saturated carbocycles. The van der Waals surface area contributed by atoms with Crippen LogP contribution in [0.3, 0.4) is 0 Å². The highest BCUT2D eigenvalue weighted by Gasteiger charge is 2.25. The number of thioether (sulfide) groups is 1. The van der Waals surface area contributed by atoms with E-state index < -0.39 is 23.6 Å². The smallest absolute Gasteiger partial charge is 0.331 e. The van der Waals surface area contributed by atoms with E-state index in [2.05, 4.69) is 20.6 Å². The maximum absolute atomic E-state index is 12.7. The number of hydrogen-bond donors (Lipinski definition) is 2. The van der Waals surface area contributed by atoms with E-state index in [9.17, 15) is 18.8 Å². The number of esters is 1. The van der Waals surface area contributed by atoms with Gasteiger partial charge in [-0.15, -0.1) is 5.10 Å². The fraction of sp³-hybridized carbons (Fsp3) is 0.0769. The van der Waals surface area contributed by atoms with E-state index in [1.807, 2.05) is 0 Å². The van der Waals surface area contributed by atoms with E-state index in [1.54, 1.807) is 0 Å². The van der Waals surface area contributed by atoms with Crippen molar-refractivity contribution in [3.8, 4) is 0 Å². The van der Waals surface area contributed by atoms with Crippen LogP contribution in [0.1, 0.15) is 10.4 Å². The van der Waals surface area contributed by atoms with E-state index in [-0.39, 0.29) is 15.6 Å². The standard InChI is InChI=1S/C13H10FN3O4S/c1-21-10(18)6-9-12(20)15-13(22-9)17-16-11(19)7-2-4-8(14)5-3-7/h2-6H,1H3,(H,16,19)(H,15,17,20)/b9-6+. The number of benzene rings is 1. The predicted octanol–water partition coefficient (Wildman–Crippen LogP) is 0.746. The average Bonchev–Trinajstić information content (AvgIpc) is 2.85. The molecule has 0 unspecified atom stereocenters. The molecule has 1 fully saturated rings. The number of hydrazone groups is 1. The molecule has 1 saturated heterocycles. The lowest BCUT2D eigenvalue weighted by atomic mass is 10.2. The highest BCUT2D eigenvalue weighted by molar-refractivity contribution is 8.18. The maximum atomic E-state index is 12.7. The Morgan fingerprint density at radius 2 is 2.05 bits per heavy atom. The second kappa shape index (κ2) is 6.85. The van der Waals surface area contributed by atoms with Gasteiger partial charge in [-0.3, -0.25) is 14.9 Å². The van der Waals surface area contributed by atoms with Gasteiger partial charge in [-0.1, -0.05) is 0 Å². The fourth-order valence-corrected chi connectivity index (χ4v) is 2.16. The Labute approximate surface area is 128 Å². The molecule has 22 heavy (non-hydrogen) atoms. The molecule has 2 amide bonds. The molecule has 1 aliphatic rings. The molecule has 7 nitrogen and oxygen atoms in total. The van der Waals surface area contributed by atoms with E-state index in [0.717, 1.165) is 30.0 Å².